The van der Waals surface area contributed by atoms with Crippen LogP contribution < -0.4 is 4.90 Å². The maximum Gasteiger partial charge on any atom is 0.417 e. The number of hydrogen-bond acceptors (Lipinski definition) is 4. The van der Waals surface area contributed by atoms with Gasteiger partial charge in [0.25, 0.3) is 0 Å². The maximum atomic E-state index is 13.2. The number of amides is 1. The second kappa shape index (κ2) is 8.65. The fraction of sp³-hybridized carbons (Fsp3) is 0.417. The number of likely N-dealkylation sites (tertiary alicyclic amines) is 1. The van der Waals surface area contributed by atoms with Gasteiger partial charge in [-0.15, -0.1) is 0 Å². The Morgan fingerprint density at radius 1 is 1.15 bits per heavy atom. The molecule has 174 valence electrons. The Labute approximate surface area is 195 Å². The topological polar surface area (TPSA) is 39.7 Å². The van der Waals surface area contributed by atoms with Gasteiger partial charge in [-0.1, -0.05) is 29.8 Å². The highest BCUT2D eigenvalue weighted by molar-refractivity contribution is 6.31. The Morgan fingerprint density at radius 3 is 2.64 bits per heavy atom. The summed E-state index contributed by atoms with van der Waals surface area (Å²) in [6, 6.07) is 10.4. The molecule has 3 aliphatic heterocycles. The van der Waals surface area contributed by atoms with E-state index in [0.29, 0.717) is 44.2 Å². The van der Waals surface area contributed by atoms with Crippen LogP contribution in [0.5, 0.6) is 0 Å². The highest BCUT2D eigenvalue weighted by Gasteiger charge is 2.45. The fourth-order valence-corrected chi connectivity index (χ4v) is 5.34. The molecule has 0 saturated carbocycles. The molecule has 0 radical (unpaired) electrons. The molecule has 5 nitrogen and oxygen atoms in total. The van der Waals surface area contributed by atoms with Gasteiger partial charge in [-0.25, -0.2) is 4.98 Å². The largest absolute Gasteiger partial charge is 0.417 e. The number of rotatable bonds is 4. The smallest absolute Gasteiger partial charge is 0.350 e. The first-order valence-electron chi connectivity index (χ1n) is 11.1. The van der Waals surface area contributed by atoms with Gasteiger partial charge in [-0.2, -0.15) is 13.2 Å². The molecule has 3 aliphatic rings. The molecular weight excluding hydrogens is 453 g/mol. The van der Waals surface area contributed by atoms with Crippen molar-refractivity contribution in [3.05, 3.63) is 64.8 Å². The predicted molar refractivity (Wildman–Crippen MR) is 121 cm³/mol. The van der Waals surface area contributed by atoms with Gasteiger partial charge in [0, 0.05) is 32.4 Å². The molecule has 1 amide bonds. The Balaban J connectivity index is 1.18. The summed E-state index contributed by atoms with van der Waals surface area (Å²) in [5.41, 5.74) is 0.570. The lowest BCUT2D eigenvalue weighted by molar-refractivity contribution is -0.137. The summed E-state index contributed by atoms with van der Waals surface area (Å²) in [5.74, 6) is 1.08. The summed E-state index contributed by atoms with van der Waals surface area (Å²) in [6.45, 7) is 3.00. The standard InChI is InChI=1S/C24H24ClF3N4O/c25-21-5-4-17(11-20(21)24(26,27)28)16-6-9-30(10-7-16)15-23(33)32-14-18-12-19(32)13-31(18)22-3-1-2-8-29-22/h1-6,8,11,18-19H,7,9-10,12-15H2. The van der Waals surface area contributed by atoms with E-state index in [9.17, 15) is 18.0 Å². The lowest BCUT2D eigenvalue weighted by Crippen LogP contribution is -2.51. The molecule has 0 spiro atoms. The molecular formula is C24H24ClF3N4O. The molecule has 2 saturated heterocycles. The predicted octanol–water partition coefficient (Wildman–Crippen LogP) is 4.33. The summed E-state index contributed by atoms with van der Waals surface area (Å²) in [7, 11) is 0. The average molecular weight is 477 g/mol. The molecule has 5 rings (SSSR count). The third-order valence-electron chi connectivity index (χ3n) is 6.80. The average Bonchev–Trinajstić information content (AvgIpc) is 3.41. The van der Waals surface area contributed by atoms with Gasteiger partial charge in [0.1, 0.15) is 5.82 Å². The number of piperazine rings is 1. The number of hydrogen-bond donors (Lipinski definition) is 0. The summed E-state index contributed by atoms with van der Waals surface area (Å²) in [6.07, 6.45) is 0.772. The third-order valence-corrected chi connectivity index (χ3v) is 7.13. The second-order valence-electron chi connectivity index (χ2n) is 8.84. The number of carbonyl (C=O) groups excluding carboxylic acids is 1. The van der Waals surface area contributed by atoms with E-state index < -0.39 is 11.7 Å². The van der Waals surface area contributed by atoms with E-state index in [2.05, 4.69) is 14.8 Å². The second-order valence-corrected chi connectivity index (χ2v) is 9.24. The number of aromatic nitrogens is 1. The molecule has 0 N–H and O–H groups in total. The van der Waals surface area contributed by atoms with Crippen molar-refractivity contribution >= 4 is 28.9 Å². The summed E-state index contributed by atoms with van der Waals surface area (Å²) < 4.78 is 39.5. The Kier molecular flexibility index (Phi) is 5.82. The van der Waals surface area contributed by atoms with E-state index in [1.54, 1.807) is 12.3 Å². The zero-order valence-corrected chi connectivity index (χ0v) is 18.7. The molecule has 2 bridgehead atoms. The van der Waals surface area contributed by atoms with Crippen molar-refractivity contribution in [3.8, 4) is 0 Å². The van der Waals surface area contributed by atoms with Crippen LogP contribution in [0.25, 0.3) is 5.57 Å². The van der Waals surface area contributed by atoms with Gasteiger partial charge in [-0.05, 0) is 48.2 Å². The number of carbonyl (C=O) groups is 1. The van der Waals surface area contributed by atoms with Crippen molar-refractivity contribution in [2.24, 2.45) is 0 Å². The lowest BCUT2D eigenvalue weighted by Gasteiger charge is -2.36. The Bertz CT molecular complexity index is 1080. The number of alkyl halides is 3. The summed E-state index contributed by atoms with van der Waals surface area (Å²) in [4.78, 5) is 23.7. The molecule has 2 atom stereocenters. The Morgan fingerprint density at radius 2 is 2.00 bits per heavy atom. The van der Waals surface area contributed by atoms with Crippen LogP contribution in [-0.4, -0.2) is 65.5 Å². The van der Waals surface area contributed by atoms with E-state index in [1.165, 1.54) is 6.07 Å². The first kappa shape index (κ1) is 22.2. The van der Waals surface area contributed by atoms with Gasteiger partial charge in [-0.3, -0.25) is 9.69 Å². The van der Waals surface area contributed by atoms with Crippen molar-refractivity contribution in [1.82, 2.24) is 14.8 Å². The quantitative estimate of drug-likeness (QED) is 0.658. The van der Waals surface area contributed by atoms with E-state index in [1.807, 2.05) is 29.2 Å². The van der Waals surface area contributed by atoms with Crippen molar-refractivity contribution in [1.29, 1.82) is 0 Å². The normalized spacial score (nSPS) is 23.2. The molecule has 2 aromatic rings. The first-order valence-corrected chi connectivity index (χ1v) is 11.4. The van der Waals surface area contributed by atoms with Crippen molar-refractivity contribution in [2.45, 2.75) is 31.1 Å². The van der Waals surface area contributed by atoms with Gasteiger partial charge in [0.05, 0.1) is 29.2 Å². The third kappa shape index (κ3) is 4.46. The van der Waals surface area contributed by atoms with Gasteiger partial charge in [0.15, 0.2) is 0 Å². The zero-order chi connectivity index (χ0) is 23.2. The minimum atomic E-state index is -4.48. The fourth-order valence-electron chi connectivity index (χ4n) is 5.12. The van der Waals surface area contributed by atoms with Crippen LogP contribution in [-0.2, 0) is 11.0 Å². The molecule has 1 aromatic carbocycles. The molecule has 2 fully saturated rings. The van der Waals surface area contributed by atoms with Crippen LogP contribution in [0, 0.1) is 0 Å². The van der Waals surface area contributed by atoms with Gasteiger partial charge >= 0.3 is 6.18 Å². The van der Waals surface area contributed by atoms with Crippen molar-refractivity contribution in [2.75, 3.05) is 37.6 Å². The van der Waals surface area contributed by atoms with Crippen LogP contribution in [0.3, 0.4) is 0 Å². The van der Waals surface area contributed by atoms with Crippen molar-refractivity contribution < 1.29 is 18.0 Å². The summed E-state index contributed by atoms with van der Waals surface area (Å²) in [5, 5.41) is -0.295. The molecule has 4 heterocycles. The molecule has 9 heteroatoms. The highest BCUT2D eigenvalue weighted by atomic mass is 35.5. The maximum absolute atomic E-state index is 13.2. The summed E-state index contributed by atoms with van der Waals surface area (Å²) >= 11 is 5.74. The van der Waals surface area contributed by atoms with Crippen LogP contribution in [0.2, 0.25) is 5.02 Å². The van der Waals surface area contributed by atoms with Crippen LogP contribution in [0.15, 0.2) is 48.7 Å². The number of fused-ring (bicyclic) bond motifs is 2. The first-order chi connectivity index (χ1) is 15.8. The van der Waals surface area contributed by atoms with Gasteiger partial charge < -0.3 is 9.80 Å². The highest BCUT2D eigenvalue weighted by Crippen LogP contribution is 2.37. The van der Waals surface area contributed by atoms with Gasteiger partial charge in [0.2, 0.25) is 5.91 Å². The van der Waals surface area contributed by atoms with E-state index in [0.717, 1.165) is 30.4 Å². The molecule has 33 heavy (non-hydrogen) atoms. The van der Waals surface area contributed by atoms with Crippen LogP contribution in [0.1, 0.15) is 24.0 Å². The van der Waals surface area contributed by atoms with Crippen LogP contribution in [0.4, 0.5) is 19.0 Å². The minimum Gasteiger partial charge on any atom is -0.350 e. The van der Waals surface area contributed by atoms with Crippen LogP contribution >= 0.6 is 11.6 Å². The zero-order valence-electron chi connectivity index (χ0n) is 17.9. The van der Waals surface area contributed by atoms with E-state index >= 15 is 0 Å². The van der Waals surface area contributed by atoms with E-state index in [4.69, 9.17) is 11.6 Å². The number of anilines is 1. The number of halogens is 4. The minimum absolute atomic E-state index is 0.117. The Hall–Kier alpha value is -2.58. The molecule has 0 aliphatic carbocycles. The number of nitrogens with zero attached hydrogens (tertiary/aromatic N) is 4. The lowest BCUT2D eigenvalue weighted by atomic mass is 9.97. The monoisotopic (exact) mass is 476 g/mol. The number of pyridine rings is 1. The molecule has 1 aromatic heterocycles. The van der Waals surface area contributed by atoms with Crippen molar-refractivity contribution in [3.63, 3.8) is 0 Å². The molecule has 2 unspecified atom stereocenters. The van der Waals surface area contributed by atoms with E-state index in [-0.39, 0.29) is 17.0 Å². The number of benzene rings is 1. The SMILES string of the molecule is O=C(CN1CC=C(c2ccc(Cl)c(C(F)(F)F)c2)CC1)N1CC2CC1CN2c1ccccn1.